The van der Waals surface area contributed by atoms with E-state index >= 15 is 0 Å². The lowest BCUT2D eigenvalue weighted by Crippen LogP contribution is -2.43. The highest BCUT2D eigenvalue weighted by molar-refractivity contribution is 6.06. The minimum atomic E-state index is -0.333. The molecule has 0 aromatic carbocycles. The van der Waals surface area contributed by atoms with Crippen molar-refractivity contribution in [2.75, 3.05) is 6.61 Å². The van der Waals surface area contributed by atoms with Crippen LogP contribution in [-0.4, -0.2) is 34.5 Å². The first-order chi connectivity index (χ1) is 8.19. The summed E-state index contributed by atoms with van der Waals surface area (Å²) in [6, 6.07) is -0.333. The van der Waals surface area contributed by atoms with Crippen molar-refractivity contribution in [1.82, 2.24) is 4.90 Å². The second kappa shape index (κ2) is 3.67. The third kappa shape index (κ3) is 1.27. The third-order valence-electron chi connectivity index (χ3n) is 4.55. The number of hydrogen-bond donors (Lipinski definition) is 1. The summed E-state index contributed by atoms with van der Waals surface area (Å²) < 4.78 is 0. The Labute approximate surface area is 100 Å². The van der Waals surface area contributed by atoms with Crippen molar-refractivity contribution in [1.29, 1.82) is 0 Å². The molecular formula is C13H17NO3. The maximum Gasteiger partial charge on any atom is 0.234 e. The van der Waals surface area contributed by atoms with Gasteiger partial charge in [0.05, 0.1) is 24.5 Å². The highest BCUT2D eigenvalue weighted by atomic mass is 16.3. The Balaban J connectivity index is 1.92. The number of fused-ring (bicyclic) bond motifs is 5. The van der Waals surface area contributed by atoms with Crippen molar-refractivity contribution in [3.8, 4) is 0 Å². The molecule has 4 heteroatoms. The van der Waals surface area contributed by atoms with Gasteiger partial charge in [0.15, 0.2) is 0 Å². The topological polar surface area (TPSA) is 57.6 Å². The summed E-state index contributed by atoms with van der Waals surface area (Å²) >= 11 is 0. The van der Waals surface area contributed by atoms with Gasteiger partial charge in [-0.15, -0.1) is 0 Å². The molecule has 2 amide bonds. The first kappa shape index (κ1) is 11.0. The van der Waals surface area contributed by atoms with Gasteiger partial charge in [-0.25, -0.2) is 0 Å². The molecule has 3 aliphatic rings. The molecule has 5 unspecified atom stereocenters. The monoisotopic (exact) mass is 235 g/mol. The number of likely N-dealkylation sites (tertiary alicyclic amines) is 1. The fourth-order valence-corrected chi connectivity index (χ4v) is 3.68. The van der Waals surface area contributed by atoms with Gasteiger partial charge in [0.25, 0.3) is 0 Å². The van der Waals surface area contributed by atoms with E-state index in [-0.39, 0.29) is 48.1 Å². The van der Waals surface area contributed by atoms with Crippen LogP contribution in [0.4, 0.5) is 0 Å². The number of amides is 2. The number of imide groups is 1. The Morgan fingerprint density at radius 2 is 1.82 bits per heavy atom. The Kier molecular flexibility index (Phi) is 2.36. The van der Waals surface area contributed by atoms with Crippen molar-refractivity contribution in [2.24, 2.45) is 23.7 Å². The summed E-state index contributed by atoms with van der Waals surface area (Å²) in [6.45, 7) is 1.76. The number of rotatable bonds is 3. The van der Waals surface area contributed by atoms with Gasteiger partial charge >= 0.3 is 0 Å². The fourth-order valence-electron chi connectivity index (χ4n) is 3.68. The molecule has 0 spiro atoms. The average molecular weight is 235 g/mol. The quantitative estimate of drug-likeness (QED) is 0.574. The van der Waals surface area contributed by atoms with Crippen LogP contribution in [0.25, 0.3) is 0 Å². The number of carbonyl (C=O) groups is 2. The lowest BCUT2D eigenvalue weighted by atomic mass is 9.85. The van der Waals surface area contributed by atoms with Crippen LogP contribution >= 0.6 is 0 Å². The van der Waals surface area contributed by atoms with Gasteiger partial charge in [-0.3, -0.25) is 14.5 Å². The maximum atomic E-state index is 12.3. The number of aliphatic hydroxyl groups is 1. The lowest BCUT2D eigenvalue weighted by molar-refractivity contribution is -0.144. The molecule has 1 aliphatic heterocycles. The number of carbonyl (C=O) groups excluding carboxylic acids is 2. The summed E-state index contributed by atoms with van der Waals surface area (Å²) in [5.41, 5.74) is 0. The Hall–Kier alpha value is -1.16. The van der Waals surface area contributed by atoms with Crippen molar-refractivity contribution in [3.05, 3.63) is 12.2 Å². The van der Waals surface area contributed by atoms with Crippen molar-refractivity contribution in [2.45, 2.75) is 25.8 Å². The summed E-state index contributed by atoms with van der Waals surface area (Å²) in [6.07, 6.45) is 5.74. The SMILES string of the molecule is CCC(CO)N1C(=O)C2C3C=CC(C3)C2C1=O. The molecular weight excluding hydrogens is 218 g/mol. The van der Waals surface area contributed by atoms with Gasteiger partial charge in [0, 0.05) is 0 Å². The number of aliphatic hydroxyl groups excluding tert-OH is 1. The van der Waals surface area contributed by atoms with Gasteiger partial charge < -0.3 is 5.11 Å². The number of nitrogens with zero attached hydrogens (tertiary/aromatic N) is 1. The van der Waals surface area contributed by atoms with Gasteiger partial charge in [-0.05, 0) is 24.7 Å². The summed E-state index contributed by atoms with van der Waals surface area (Å²) in [4.78, 5) is 25.9. The molecule has 4 nitrogen and oxygen atoms in total. The second-order valence-electron chi connectivity index (χ2n) is 5.29. The Morgan fingerprint density at radius 1 is 1.29 bits per heavy atom. The molecule has 92 valence electrons. The molecule has 5 atom stereocenters. The van der Waals surface area contributed by atoms with Gasteiger partial charge in [0.2, 0.25) is 11.8 Å². The van der Waals surface area contributed by atoms with Crippen molar-refractivity contribution >= 4 is 11.8 Å². The minimum Gasteiger partial charge on any atom is -0.394 e. The largest absolute Gasteiger partial charge is 0.394 e. The molecule has 1 saturated carbocycles. The maximum absolute atomic E-state index is 12.3. The predicted molar refractivity (Wildman–Crippen MR) is 60.7 cm³/mol. The molecule has 2 bridgehead atoms. The van der Waals surface area contributed by atoms with Crippen LogP contribution in [0.5, 0.6) is 0 Å². The van der Waals surface area contributed by atoms with Crippen molar-refractivity contribution in [3.63, 3.8) is 0 Å². The van der Waals surface area contributed by atoms with Crippen LogP contribution in [0.15, 0.2) is 12.2 Å². The molecule has 1 saturated heterocycles. The molecule has 2 aliphatic carbocycles. The first-order valence-corrected chi connectivity index (χ1v) is 6.35. The van der Waals surface area contributed by atoms with E-state index in [4.69, 9.17) is 0 Å². The minimum absolute atomic E-state index is 0.0576. The standard InChI is InChI=1S/C13H17NO3/c1-2-9(6-15)14-12(16)10-7-3-4-8(5-7)11(10)13(14)17/h3-4,7-11,15H,2,5-6H2,1H3. The van der Waals surface area contributed by atoms with E-state index in [9.17, 15) is 14.7 Å². The zero-order chi connectivity index (χ0) is 12.2. The smallest absolute Gasteiger partial charge is 0.234 e. The van der Waals surface area contributed by atoms with Crippen LogP contribution < -0.4 is 0 Å². The van der Waals surface area contributed by atoms with Gasteiger partial charge in [-0.1, -0.05) is 19.1 Å². The molecule has 1 N–H and O–H groups in total. The van der Waals surface area contributed by atoms with E-state index in [1.807, 2.05) is 6.92 Å². The predicted octanol–water partition coefficient (Wildman–Crippen LogP) is 0.564. The van der Waals surface area contributed by atoms with Crippen LogP contribution in [0.3, 0.4) is 0 Å². The molecule has 3 rings (SSSR count). The lowest BCUT2D eigenvalue weighted by Gasteiger charge is -2.25. The van der Waals surface area contributed by atoms with Crippen LogP contribution in [-0.2, 0) is 9.59 Å². The number of hydrogen-bond acceptors (Lipinski definition) is 3. The van der Waals surface area contributed by atoms with E-state index in [2.05, 4.69) is 12.2 Å². The van der Waals surface area contributed by atoms with E-state index < -0.39 is 0 Å². The fraction of sp³-hybridized carbons (Fsp3) is 0.692. The van der Waals surface area contributed by atoms with Crippen molar-refractivity contribution < 1.29 is 14.7 Å². The van der Waals surface area contributed by atoms with E-state index in [1.54, 1.807) is 0 Å². The normalized spacial score (nSPS) is 40.2. The zero-order valence-electron chi connectivity index (χ0n) is 9.87. The van der Waals surface area contributed by atoms with Crippen LogP contribution in [0.2, 0.25) is 0 Å². The third-order valence-corrected chi connectivity index (χ3v) is 4.55. The summed E-state index contributed by atoms with van der Waals surface area (Å²) in [5, 5.41) is 9.27. The summed E-state index contributed by atoms with van der Waals surface area (Å²) in [5.74, 6) is 0.108. The molecule has 1 heterocycles. The van der Waals surface area contributed by atoms with E-state index in [1.165, 1.54) is 4.90 Å². The first-order valence-electron chi connectivity index (χ1n) is 6.35. The molecule has 0 aromatic rings. The Bertz CT molecular complexity index is 369. The highest BCUT2D eigenvalue weighted by Gasteiger charge is 2.60. The molecule has 17 heavy (non-hydrogen) atoms. The average Bonchev–Trinajstić information content (AvgIpc) is 2.98. The van der Waals surface area contributed by atoms with Crippen LogP contribution in [0.1, 0.15) is 19.8 Å². The van der Waals surface area contributed by atoms with Gasteiger partial charge in [0.1, 0.15) is 0 Å². The second-order valence-corrected chi connectivity index (χ2v) is 5.29. The molecule has 0 aromatic heterocycles. The van der Waals surface area contributed by atoms with Gasteiger partial charge in [-0.2, -0.15) is 0 Å². The van der Waals surface area contributed by atoms with Crippen LogP contribution in [0, 0.1) is 23.7 Å². The Morgan fingerprint density at radius 3 is 2.24 bits per heavy atom. The molecule has 2 fully saturated rings. The van der Waals surface area contributed by atoms with E-state index in [0.29, 0.717) is 6.42 Å². The summed E-state index contributed by atoms with van der Waals surface area (Å²) in [7, 11) is 0. The molecule has 0 radical (unpaired) electrons. The number of allylic oxidation sites excluding steroid dienone is 2. The zero-order valence-corrected chi connectivity index (χ0v) is 9.87. The highest BCUT2D eigenvalue weighted by Crippen LogP contribution is 2.52. The van der Waals surface area contributed by atoms with E-state index in [0.717, 1.165) is 6.42 Å².